The summed E-state index contributed by atoms with van der Waals surface area (Å²) >= 11 is 1.11. The van der Waals surface area contributed by atoms with E-state index in [9.17, 15) is 17.6 Å². The number of carbonyl (C=O) groups is 1. The van der Waals surface area contributed by atoms with E-state index in [-0.39, 0.29) is 15.6 Å². The van der Waals surface area contributed by atoms with E-state index in [0.29, 0.717) is 5.69 Å². The van der Waals surface area contributed by atoms with E-state index in [1.165, 1.54) is 48.7 Å². The Morgan fingerprint density at radius 3 is 2.56 bits per heavy atom. The molecule has 0 fully saturated rings. The van der Waals surface area contributed by atoms with Crippen molar-refractivity contribution in [3.8, 4) is 0 Å². The van der Waals surface area contributed by atoms with Gasteiger partial charge in [0.2, 0.25) is 10.0 Å². The van der Waals surface area contributed by atoms with Gasteiger partial charge in [0.25, 0.3) is 5.91 Å². The summed E-state index contributed by atoms with van der Waals surface area (Å²) in [7, 11) is -3.88. The third-order valence-electron chi connectivity index (χ3n) is 3.11. The van der Waals surface area contributed by atoms with Crippen LogP contribution in [0.3, 0.4) is 0 Å². The Bertz CT molecular complexity index is 988. The predicted octanol–water partition coefficient (Wildman–Crippen LogP) is 3.93. The minimum atomic E-state index is -3.88. The first-order valence-electron chi connectivity index (χ1n) is 6.98. The summed E-state index contributed by atoms with van der Waals surface area (Å²) in [4.78, 5) is 15.8. The van der Waals surface area contributed by atoms with E-state index < -0.39 is 21.7 Å². The SMILES string of the molecule is O=C(Nc1ccc(S(=O)(=O)[N-]c2nccs2)cc1)c1cccc(F)c1. The van der Waals surface area contributed by atoms with Crippen molar-refractivity contribution in [1.29, 1.82) is 0 Å². The van der Waals surface area contributed by atoms with Gasteiger partial charge in [-0.1, -0.05) is 12.3 Å². The molecule has 3 aromatic rings. The maximum Gasteiger partial charge on any atom is 0.255 e. The van der Waals surface area contributed by atoms with Crippen molar-refractivity contribution >= 4 is 38.1 Å². The molecular formula is C16H11FN3O3S2-. The van der Waals surface area contributed by atoms with Crippen LogP contribution in [0.1, 0.15) is 10.4 Å². The van der Waals surface area contributed by atoms with E-state index in [1.807, 2.05) is 0 Å². The minimum Gasteiger partial charge on any atom is -0.433 e. The number of hydrogen-bond acceptors (Lipinski definition) is 5. The van der Waals surface area contributed by atoms with Gasteiger partial charge in [0, 0.05) is 16.4 Å². The van der Waals surface area contributed by atoms with Gasteiger partial charge in [-0.15, -0.1) is 0 Å². The van der Waals surface area contributed by atoms with Crippen molar-refractivity contribution in [2.24, 2.45) is 0 Å². The molecule has 0 aliphatic carbocycles. The molecule has 0 saturated heterocycles. The van der Waals surface area contributed by atoms with E-state index in [2.05, 4.69) is 15.0 Å². The van der Waals surface area contributed by atoms with Gasteiger partial charge in [-0.25, -0.2) is 12.8 Å². The van der Waals surface area contributed by atoms with Crippen molar-refractivity contribution in [2.75, 3.05) is 5.32 Å². The number of benzene rings is 2. The van der Waals surface area contributed by atoms with E-state index >= 15 is 0 Å². The lowest BCUT2D eigenvalue weighted by Gasteiger charge is -2.12. The Balaban J connectivity index is 1.73. The number of thiazole rings is 1. The molecule has 1 N–H and O–H groups in total. The van der Waals surface area contributed by atoms with Crippen LogP contribution in [0.4, 0.5) is 15.2 Å². The number of nitrogens with one attached hydrogen (secondary N) is 1. The molecule has 9 heteroatoms. The lowest BCUT2D eigenvalue weighted by atomic mass is 10.2. The molecular weight excluding hydrogens is 365 g/mol. The Morgan fingerprint density at radius 2 is 1.92 bits per heavy atom. The maximum atomic E-state index is 13.1. The number of hydrogen-bond donors (Lipinski definition) is 1. The first-order chi connectivity index (χ1) is 11.9. The van der Waals surface area contributed by atoms with Gasteiger partial charge in [-0.3, -0.25) is 4.79 Å². The first kappa shape index (κ1) is 17.1. The summed E-state index contributed by atoms with van der Waals surface area (Å²) in [5.74, 6) is -1.01. The Kier molecular flexibility index (Phi) is 4.77. The molecule has 25 heavy (non-hydrogen) atoms. The highest BCUT2D eigenvalue weighted by atomic mass is 32.2. The summed E-state index contributed by atoms with van der Waals surface area (Å²) in [6.07, 6.45) is 1.46. The monoisotopic (exact) mass is 376 g/mol. The van der Waals surface area contributed by atoms with Gasteiger partial charge in [0.05, 0.1) is 4.90 Å². The quantitative estimate of drug-likeness (QED) is 0.730. The second kappa shape index (κ2) is 6.99. The fourth-order valence-electron chi connectivity index (χ4n) is 1.96. The van der Waals surface area contributed by atoms with Crippen LogP contribution in [0.15, 0.2) is 65.0 Å². The van der Waals surface area contributed by atoms with Gasteiger partial charge < -0.3 is 15.0 Å². The van der Waals surface area contributed by atoms with Crippen LogP contribution in [0, 0.1) is 5.82 Å². The molecule has 6 nitrogen and oxygen atoms in total. The standard InChI is InChI=1S/C16H12FN3O3S2/c17-12-3-1-2-11(10-12)15(21)19-13-4-6-14(7-5-13)25(22,23)20-16-18-8-9-24-16/h1-10H,(H2,18,19,20,21)/p-1. The van der Waals surface area contributed by atoms with Gasteiger partial charge in [0.1, 0.15) is 5.82 Å². The smallest absolute Gasteiger partial charge is 0.255 e. The zero-order valence-corrected chi connectivity index (χ0v) is 14.2. The lowest BCUT2D eigenvalue weighted by molar-refractivity contribution is 0.102. The number of amides is 1. The second-order valence-electron chi connectivity index (χ2n) is 4.87. The van der Waals surface area contributed by atoms with Gasteiger partial charge >= 0.3 is 0 Å². The van der Waals surface area contributed by atoms with Crippen molar-refractivity contribution in [2.45, 2.75) is 4.90 Å². The van der Waals surface area contributed by atoms with Crippen LogP contribution >= 0.6 is 11.3 Å². The third kappa shape index (κ3) is 4.20. The maximum absolute atomic E-state index is 13.1. The van der Waals surface area contributed by atoms with Crippen molar-refractivity contribution in [3.05, 3.63) is 76.2 Å². The molecule has 0 saturated carbocycles. The van der Waals surface area contributed by atoms with Gasteiger partial charge in [0.15, 0.2) is 0 Å². The number of anilines is 1. The van der Waals surface area contributed by atoms with E-state index in [1.54, 1.807) is 5.38 Å². The normalized spacial score (nSPS) is 11.1. The molecule has 1 aromatic heterocycles. The number of carbonyl (C=O) groups excluding carboxylic acids is 1. The van der Waals surface area contributed by atoms with Crippen LogP contribution in [-0.2, 0) is 10.0 Å². The van der Waals surface area contributed by atoms with Gasteiger partial charge in [-0.05, 0) is 47.8 Å². The van der Waals surface area contributed by atoms with Crippen LogP contribution in [0.5, 0.6) is 0 Å². The Labute approximate surface area is 147 Å². The number of aromatic nitrogens is 1. The number of nitrogens with zero attached hydrogens (tertiary/aromatic N) is 2. The van der Waals surface area contributed by atoms with Gasteiger partial charge in [-0.2, -0.15) is 11.3 Å². The van der Waals surface area contributed by atoms with Crippen LogP contribution in [0.2, 0.25) is 0 Å². The predicted molar refractivity (Wildman–Crippen MR) is 93.1 cm³/mol. The highest BCUT2D eigenvalue weighted by Gasteiger charge is 2.11. The molecule has 0 unspecified atom stereocenters. The summed E-state index contributed by atoms with van der Waals surface area (Å²) in [6, 6.07) is 10.8. The molecule has 0 bridgehead atoms. The second-order valence-corrected chi connectivity index (χ2v) is 7.35. The summed E-state index contributed by atoms with van der Waals surface area (Å²) in [6.45, 7) is 0. The largest absolute Gasteiger partial charge is 0.433 e. The van der Waals surface area contributed by atoms with Crippen molar-refractivity contribution < 1.29 is 17.6 Å². The molecule has 3 rings (SSSR count). The number of sulfonamides is 1. The van der Waals surface area contributed by atoms with Crippen LogP contribution < -0.4 is 5.32 Å². The fraction of sp³-hybridized carbons (Fsp3) is 0. The molecule has 0 radical (unpaired) electrons. The number of rotatable bonds is 5. The topological polar surface area (TPSA) is 90.2 Å². The summed E-state index contributed by atoms with van der Waals surface area (Å²) in [5, 5.41) is 4.33. The Hall–Kier alpha value is -2.78. The summed E-state index contributed by atoms with van der Waals surface area (Å²) in [5.41, 5.74) is 0.540. The molecule has 128 valence electrons. The van der Waals surface area contributed by atoms with Crippen molar-refractivity contribution in [1.82, 2.24) is 4.98 Å². The molecule has 1 heterocycles. The lowest BCUT2D eigenvalue weighted by Crippen LogP contribution is -2.12. The zero-order valence-electron chi connectivity index (χ0n) is 12.6. The third-order valence-corrected chi connectivity index (χ3v) is 5.18. The van der Waals surface area contributed by atoms with Crippen molar-refractivity contribution in [3.63, 3.8) is 0 Å². The molecule has 0 aliphatic heterocycles. The average molecular weight is 376 g/mol. The van der Waals surface area contributed by atoms with Crippen LogP contribution in [-0.4, -0.2) is 19.3 Å². The summed E-state index contributed by atoms with van der Waals surface area (Å²) < 4.78 is 41.1. The number of halogens is 1. The zero-order chi connectivity index (χ0) is 17.9. The fourth-order valence-corrected chi connectivity index (χ4v) is 3.63. The van der Waals surface area contributed by atoms with Crippen LogP contribution in [0.25, 0.3) is 4.72 Å². The highest BCUT2D eigenvalue weighted by Crippen LogP contribution is 2.29. The van der Waals surface area contributed by atoms with E-state index in [0.717, 1.165) is 17.4 Å². The molecule has 1 amide bonds. The highest BCUT2D eigenvalue weighted by molar-refractivity contribution is 7.94. The molecule has 2 aromatic carbocycles. The molecule has 0 atom stereocenters. The first-order valence-corrected chi connectivity index (χ1v) is 9.30. The minimum absolute atomic E-state index is 0.0218. The molecule has 0 aliphatic rings. The van der Waals surface area contributed by atoms with E-state index in [4.69, 9.17) is 0 Å². The molecule has 0 spiro atoms. The Morgan fingerprint density at radius 1 is 1.16 bits per heavy atom. The average Bonchev–Trinajstić information content (AvgIpc) is 3.07.